The number of pyridine rings is 1. The molecule has 28 heavy (non-hydrogen) atoms. The van der Waals surface area contributed by atoms with E-state index in [1.54, 1.807) is 12.3 Å². The molecule has 144 valence electrons. The van der Waals surface area contributed by atoms with Crippen molar-refractivity contribution in [2.45, 2.75) is 6.92 Å². The standard InChI is InChI=1S/C19H18ClFN6O/c1-12-4-5-22-17(8-12)27-18-10-16(25-11-26-18)23-6-7-24-19(28)14-3-2-13(21)9-15(14)20/h2-5,8-11H,6-7H2,1H3,(H,24,28)(H2,22,23,25,26,27). The fourth-order valence-electron chi connectivity index (χ4n) is 2.39. The average molecular weight is 401 g/mol. The van der Waals surface area contributed by atoms with Gasteiger partial charge in [0.1, 0.15) is 29.6 Å². The molecule has 2 aromatic heterocycles. The van der Waals surface area contributed by atoms with Crippen LogP contribution in [0.1, 0.15) is 15.9 Å². The lowest BCUT2D eigenvalue weighted by molar-refractivity contribution is 0.0955. The van der Waals surface area contributed by atoms with Crippen molar-refractivity contribution in [1.82, 2.24) is 20.3 Å². The SMILES string of the molecule is Cc1ccnc(Nc2cc(NCCNC(=O)c3ccc(F)cc3Cl)ncn2)c1. The van der Waals surface area contributed by atoms with Crippen LogP contribution in [-0.2, 0) is 0 Å². The molecule has 0 saturated heterocycles. The summed E-state index contributed by atoms with van der Waals surface area (Å²) in [7, 11) is 0. The number of nitrogens with zero attached hydrogens (tertiary/aromatic N) is 3. The highest BCUT2D eigenvalue weighted by atomic mass is 35.5. The van der Waals surface area contributed by atoms with E-state index in [9.17, 15) is 9.18 Å². The number of hydrogen-bond acceptors (Lipinski definition) is 6. The Morgan fingerprint density at radius 1 is 1.04 bits per heavy atom. The van der Waals surface area contributed by atoms with Gasteiger partial charge in [0.2, 0.25) is 0 Å². The smallest absolute Gasteiger partial charge is 0.252 e. The number of nitrogens with one attached hydrogen (secondary N) is 3. The van der Waals surface area contributed by atoms with Gasteiger partial charge in [-0.05, 0) is 42.8 Å². The maximum absolute atomic E-state index is 13.0. The minimum atomic E-state index is -0.489. The second kappa shape index (κ2) is 9.09. The third-order valence-electron chi connectivity index (χ3n) is 3.73. The summed E-state index contributed by atoms with van der Waals surface area (Å²) in [6.45, 7) is 2.75. The zero-order valence-electron chi connectivity index (χ0n) is 15.0. The van der Waals surface area contributed by atoms with Gasteiger partial charge in [-0.15, -0.1) is 0 Å². The molecule has 0 atom stereocenters. The van der Waals surface area contributed by atoms with E-state index < -0.39 is 5.82 Å². The van der Waals surface area contributed by atoms with Crippen molar-refractivity contribution in [2.75, 3.05) is 23.7 Å². The van der Waals surface area contributed by atoms with Crippen molar-refractivity contribution in [1.29, 1.82) is 0 Å². The van der Waals surface area contributed by atoms with E-state index in [4.69, 9.17) is 11.6 Å². The first-order valence-electron chi connectivity index (χ1n) is 8.50. The summed E-state index contributed by atoms with van der Waals surface area (Å²) in [5.41, 5.74) is 1.31. The highest BCUT2D eigenvalue weighted by Gasteiger charge is 2.10. The maximum atomic E-state index is 13.0. The first kappa shape index (κ1) is 19.5. The lowest BCUT2D eigenvalue weighted by Crippen LogP contribution is -2.29. The maximum Gasteiger partial charge on any atom is 0.252 e. The molecule has 0 radical (unpaired) electrons. The van der Waals surface area contributed by atoms with Gasteiger partial charge in [0.25, 0.3) is 5.91 Å². The number of amides is 1. The second-order valence-electron chi connectivity index (χ2n) is 5.94. The zero-order chi connectivity index (χ0) is 19.9. The molecule has 1 amide bonds. The molecule has 0 bridgehead atoms. The molecule has 0 unspecified atom stereocenters. The molecule has 0 fully saturated rings. The average Bonchev–Trinajstić information content (AvgIpc) is 2.65. The summed E-state index contributed by atoms with van der Waals surface area (Å²) < 4.78 is 13.0. The Labute approximate surface area is 166 Å². The first-order valence-corrected chi connectivity index (χ1v) is 8.88. The highest BCUT2D eigenvalue weighted by Crippen LogP contribution is 2.17. The number of hydrogen-bond donors (Lipinski definition) is 3. The summed E-state index contributed by atoms with van der Waals surface area (Å²) in [4.78, 5) is 24.6. The Morgan fingerprint density at radius 3 is 2.61 bits per heavy atom. The van der Waals surface area contributed by atoms with Crippen LogP contribution in [0, 0.1) is 12.7 Å². The van der Waals surface area contributed by atoms with Gasteiger partial charge >= 0.3 is 0 Å². The van der Waals surface area contributed by atoms with Crippen molar-refractivity contribution in [2.24, 2.45) is 0 Å². The summed E-state index contributed by atoms with van der Waals surface area (Å²) in [5, 5.41) is 8.99. The van der Waals surface area contributed by atoms with E-state index in [1.807, 2.05) is 19.1 Å². The minimum absolute atomic E-state index is 0.0710. The summed E-state index contributed by atoms with van der Waals surface area (Å²) >= 11 is 5.88. The van der Waals surface area contributed by atoms with Crippen molar-refractivity contribution in [3.8, 4) is 0 Å². The number of benzene rings is 1. The Morgan fingerprint density at radius 2 is 1.82 bits per heavy atom. The molecule has 3 rings (SSSR count). The van der Waals surface area contributed by atoms with Crippen LogP contribution >= 0.6 is 11.6 Å². The normalized spacial score (nSPS) is 10.4. The van der Waals surface area contributed by atoms with Crippen molar-refractivity contribution >= 4 is 35.0 Å². The number of carbonyl (C=O) groups is 1. The van der Waals surface area contributed by atoms with Crippen LogP contribution < -0.4 is 16.0 Å². The number of aryl methyl sites for hydroxylation is 1. The minimum Gasteiger partial charge on any atom is -0.368 e. The number of carbonyl (C=O) groups excluding carboxylic acids is 1. The van der Waals surface area contributed by atoms with E-state index in [0.717, 1.165) is 11.6 Å². The predicted octanol–water partition coefficient (Wildman–Crippen LogP) is 3.56. The Kier molecular flexibility index (Phi) is 6.33. The summed E-state index contributed by atoms with van der Waals surface area (Å²) in [6, 6.07) is 9.20. The van der Waals surface area contributed by atoms with Gasteiger partial charge in [0.15, 0.2) is 0 Å². The van der Waals surface area contributed by atoms with Gasteiger partial charge in [0, 0.05) is 25.4 Å². The van der Waals surface area contributed by atoms with Gasteiger partial charge < -0.3 is 16.0 Å². The van der Waals surface area contributed by atoms with E-state index in [0.29, 0.717) is 30.5 Å². The van der Waals surface area contributed by atoms with Crippen molar-refractivity contribution < 1.29 is 9.18 Å². The van der Waals surface area contributed by atoms with E-state index in [2.05, 4.69) is 30.9 Å². The Bertz CT molecular complexity index is 984. The van der Waals surface area contributed by atoms with Gasteiger partial charge in [-0.2, -0.15) is 0 Å². The molecule has 9 heteroatoms. The van der Waals surface area contributed by atoms with Gasteiger partial charge in [0.05, 0.1) is 10.6 Å². The predicted molar refractivity (Wildman–Crippen MR) is 107 cm³/mol. The topological polar surface area (TPSA) is 91.8 Å². The molecule has 3 N–H and O–H groups in total. The zero-order valence-corrected chi connectivity index (χ0v) is 15.8. The Hall–Kier alpha value is -3.26. The number of anilines is 3. The van der Waals surface area contributed by atoms with Crippen LogP contribution in [0.2, 0.25) is 5.02 Å². The third-order valence-corrected chi connectivity index (χ3v) is 4.04. The molecule has 0 spiro atoms. The molecule has 7 nitrogen and oxygen atoms in total. The van der Waals surface area contributed by atoms with Crippen molar-refractivity contribution in [3.63, 3.8) is 0 Å². The Balaban J connectivity index is 1.50. The molecular formula is C19H18ClFN6O. The van der Waals surface area contributed by atoms with E-state index in [1.165, 1.54) is 18.5 Å². The molecule has 1 aromatic carbocycles. The monoisotopic (exact) mass is 400 g/mol. The van der Waals surface area contributed by atoms with Crippen molar-refractivity contribution in [3.05, 3.63) is 70.9 Å². The molecule has 2 heterocycles. The highest BCUT2D eigenvalue weighted by molar-refractivity contribution is 6.33. The van der Waals surface area contributed by atoms with Crippen LogP contribution in [0.4, 0.5) is 21.8 Å². The lowest BCUT2D eigenvalue weighted by atomic mass is 10.2. The largest absolute Gasteiger partial charge is 0.368 e. The van der Waals surface area contributed by atoms with Crippen LogP contribution in [0.15, 0.2) is 48.9 Å². The van der Waals surface area contributed by atoms with Crippen LogP contribution in [-0.4, -0.2) is 33.9 Å². The lowest BCUT2D eigenvalue weighted by Gasteiger charge is -2.10. The van der Waals surface area contributed by atoms with Crippen LogP contribution in [0.3, 0.4) is 0 Å². The fraction of sp³-hybridized carbons (Fsp3) is 0.158. The first-order chi connectivity index (χ1) is 13.5. The number of aromatic nitrogens is 3. The van der Waals surface area contributed by atoms with Crippen LogP contribution in [0.5, 0.6) is 0 Å². The molecule has 3 aromatic rings. The molecule has 0 aliphatic carbocycles. The van der Waals surface area contributed by atoms with Gasteiger partial charge in [-0.25, -0.2) is 19.3 Å². The van der Waals surface area contributed by atoms with E-state index in [-0.39, 0.29) is 16.5 Å². The molecule has 0 aliphatic heterocycles. The number of rotatable bonds is 7. The second-order valence-corrected chi connectivity index (χ2v) is 6.35. The quantitative estimate of drug-likeness (QED) is 0.525. The summed E-state index contributed by atoms with van der Waals surface area (Å²) in [6.07, 6.45) is 3.14. The molecule has 0 aliphatic rings. The number of halogens is 2. The molecular weight excluding hydrogens is 383 g/mol. The van der Waals surface area contributed by atoms with Gasteiger partial charge in [-0.3, -0.25) is 4.79 Å². The molecule has 0 saturated carbocycles. The van der Waals surface area contributed by atoms with E-state index >= 15 is 0 Å². The third kappa shape index (κ3) is 5.37. The fourth-order valence-corrected chi connectivity index (χ4v) is 2.65. The van der Waals surface area contributed by atoms with Gasteiger partial charge in [-0.1, -0.05) is 11.6 Å². The van der Waals surface area contributed by atoms with Crippen LogP contribution in [0.25, 0.3) is 0 Å². The summed E-state index contributed by atoms with van der Waals surface area (Å²) in [5.74, 6) is 1.02.